The zero-order valence-corrected chi connectivity index (χ0v) is 12.4. The number of aryl methyl sites for hydroxylation is 1. The van der Waals surface area contributed by atoms with Gasteiger partial charge in [-0.2, -0.15) is 0 Å². The molecular weight excluding hydrogens is 246 g/mol. The first-order chi connectivity index (χ1) is 9.62. The van der Waals surface area contributed by atoms with Gasteiger partial charge in [-0.05, 0) is 80.2 Å². The molecule has 3 heteroatoms. The Bertz CT molecular complexity index is 488. The predicted octanol–water partition coefficient (Wildman–Crippen LogP) is 3.60. The minimum Gasteiger partial charge on any atom is -0.396 e. The molecule has 4 aliphatic carbocycles. The Labute approximate surface area is 121 Å². The number of nitrogens with one attached hydrogen (secondary N) is 1. The summed E-state index contributed by atoms with van der Waals surface area (Å²) in [5.41, 5.74) is 8.52. The fraction of sp³-hybridized carbons (Fsp3) is 0.706. The van der Waals surface area contributed by atoms with E-state index in [-0.39, 0.29) is 0 Å². The Morgan fingerprint density at radius 1 is 1.20 bits per heavy atom. The zero-order chi connectivity index (χ0) is 13.7. The molecule has 0 saturated heterocycles. The third kappa shape index (κ3) is 2.07. The topological polar surface area (TPSA) is 50.9 Å². The lowest BCUT2D eigenvalue weighted by molar-refractivity contribution is -0.0444. The Morgan fingerprint density at radius 3 is 2.35 bits per heavy atom. The fourth-order valence-electron chi connectivity index (χ4n) is 5.52. The molecule has 3 N–H and O–H groups in total. The number of hydrogen-bond donors (Lipinski definition) is 2. The average molecular weight is 271 g/mol. The van der Waals surface area contributed by atoms with Gasteiger partial charge in [0.15, 0.2) is 0 Å². The van der Waals surface area contributed by atoms with Crippen molar-refractivity contribution in [3.63, 3.8) is 0 Å². The van der Waals surface area contributed by atoms with Crippen LogP contribution in [-0.4, -0.2) is 11.5 Å². The van der Waals surface area contributed by atoms with E-state index in [1.807, 2.05) is 19.2 Å². The quantitative estimate of drug-likeness (QED) is 0.883. The molecule has 0 aliphatic heterocycles. The molecule has 20 heavy (non-hydrogen) atoms. The predicted molar refractivity (Wildman–Crippen MR) is 82.5 cm³/mol. The number of nitrogen functional groups attached to an aromatic ring is 1. The molecule has 0 spiro atoms. The first-order valence-corrected chi connectivity index (χ1v) is 8.08. The van der Waals surface area contributed by atoms with E-state index in [0.29, 0.717) is 5.41 Å². The van der Waals surface area contributed by atoms with Crippen LogP contribution in [0.2, 0.25) is 0 Å². The van der Waals surface area contributed by atoms with Gasteiger partial charge in [-0.25, -0.2) is 4.98 Å². The molecule has 0 radical (unpaired) electrons. The summed E-state index contributed by atoms with van der Waals surface area (Å²) in [4.78, 5) is 4.46. The summed E-state index contributed by atoms with van der Waals surface area (Å²) in [6, 6.07) is 2.01. The van der Waals surface area contributed by atoms with Crippen molar-refractivity contribution < 1.29 is 0 Å². The highest BCUT2D eigenvalue weighted by Gasteiger charge is 2.50. The van der Waals surface area contributed by atoms with Crippen LogP contribution in [0.1, 0.15) is 44.1 Å². The van der Waals surface area contributed by atoms with Crippen LogP contribution in [0.4, 0.5) is 11.5 Å². The summed E-state index contributed by atoms with van der Waals surface area (Å²) in [6.45, 7) is 3.10. The molecule has 4 bridgehead atoms. The lowest BCUT2D eigenvalue weighted by Gasteiger charge is -2.57. The van der Waals surface area contributed by atoms with E-state index >= 15 is 0 Å². The summed E-state index contributed by atoms with van der Waals surface area (Å²) in [7, 11) is 0. The lowest BCUT2D eigenvalue weighted by Crippen LogP contribution is -2.49. The van der Waals surface area contributed by atoms with Crippen LogP contribution in [0.5, 0.6) is 0 Å². The van der Waals surface area contributed by atoms with E-state index in [0.717, 1.165) is 41.4 Å². The summed E-state index contributed by atoms with van der Waals surface area (Å²) in [6.07, 6.45) is 10.7. The van der Waals surface area contributed by atoms with Gasteiger partial charge >= 0.3 is 0 Å². The van der Waals surface area contributed by atoms with Crippen LogP contribution in [-0.2, 0) is 0 Å². The van der Waals surface area contributed by atoms with Crippen molar-refractivity contribution in [2.75, 3.05) is 17.6 Å². The smallest absolute Gasteiger partial charge is 0.149 e. The van der Waals surface area contributed by atoms with Crippen LogP contribution < -0.4 is 11.1 Å². The summed E-state index contributed by atoms with van der Waals surface area (Å²) in [5, 5.41) is 3.56. The minimum atomic E-state index is 0.535. The molecule has 0 amide bonds. The van der Waals surface area contributed by atoms with Crippen LogP contribution >= 0.6 is 0 Å². The molecule has 1 aromatic rings. The largest absolute Gasteiger partial charge is 0.396 e. The Kier molecular flexibility index (Phi) is 2.73. The average Bonchev–Trinajstić information content (AvgIpc) is 2.36. The molecule has 1 aromatic heterocycles. The molecule has 0 unspecified atom stereocenters. The van der Waals surface area contributed by atoms with Crippen molar-refractivity contribution >= 4 is 11.5 Å². The summed E-state index contributed by atoms with van der Waals surface area (Å²) >= 11 is 0. The van der Waals surface area contributed by atoms with Crippen molar-refractivity contribution in [3.8, 4) is 0 Å². The number of pyridine rings is 1. The van der Waals surface area contributed by atoms with Crippen molar-refractivity contribution in [2.24, 2.45) is 23.2 Å². The molecule has 5 rings (SSSR count). The maximum atomic E-state index is 6.07. The Morgan fingerprint density at radius 2 is 1.80 bits per heavy atom. The van der Waals surface area contributed by atoms with Gasteiger partial charge in [0.2, 0.25) is 0 Å². The summed E-state index contributed by atoms with van der Waals surface area (Å²) < 4.78 is 0. The Hall–Kier alpha value is -1.25. The normalized spacial score (nSPS) is 38.1. The van der Waals surface area contributed by atoms with Crippen molar-refractivity contribution in [2.45, 2.75) is 45.4 Å². The highest BCUT2D eigenvalue weighted by molar-refractivity contribution is 5.61. The number of hydrogen-bond acceptors (Lipinski definition) is 3. The van der Waals surface area contributed by atoms with Gasteiger partial charge in [0.05, 0.1) is 5.69 Å². The minimum absolute atomic E-state index is 0.535. The van der Waals surface area contributed by atoms with Gasteiger partial charge < -0.3 is 11.1 Å². The molecule has 3 nitrogen and oxygen atoms in total. The van der Waals surface area contributed by atoms with Gasteiger partial charge in [-0.1, -0.05) is 0 Å². The fourth-order valence-corrected chi connectivity index (χ4v) is 5.52. The summed E-state index contributed by atoms with van der Waals surface area (Å²) in [5.74, 6) is 3.90. The van der Waals surface area contributed by atoms with E-state index in [9.17, 15) is 0 Å². The first-order valence-electron chi connectivity index (χ1n) is 8.08. The highest BCUT2D eigenvalue weighted by Crippen LogP contribution is 2.59. The third-order valence-electron chi connectivity index (χ3n) is 5.85. The second-order valence-electron chi connectivity index (χ2n) is 7.72. The van der Waals surface area contributed by atoms with E-state index in [4.69, 9.17) is 5.73 Å². The van der Waals surface area contributed by atoms with E-state index in [1.54, 1.807) is 0 Å². The molecule has 4 saturated carbocycles. The van der Waals surface area contributed by atoms with Crippen LogP contribution in [0.15, 0.2) is 12.3 Å². The second-order valence-corrected chi connectivity index (χ2v) is 7.72. The highest BCUT2D eigenvalue weighted by atomic mass is 15.0. The maximum Gasteiger partial charge on any atom is 0.149 e. The molecule has 4 fully saturated rings. The number of nitrogens with two attached hydrogens (primary N) is 1. The van der Waals surface area contributed by atoms with Crippen molar-refractivity contribution in [1.29, 1.82) is 0 Å². The van der Waals surface area contributed by atoms with E-state index in [1.165, 1.54) is 38.5 Å². The molecule has 108 valence electrons. The number of aromatic nitrogens is 1. The van der Waals surface area contributed by atoms with E-state index in [2.05, 4.69) is 10.3 Å². The zero-order valence-electron chi connectivity index (χ0n) is 12.4. The first kappa shape index (κ1) is 12.5. The maximum absolute atomic E-state index is 6.07. The molecule has 0 aromatic carbocycles. The molecular formula is C17H25N3. The number of rotatable bonds is 3. The monoisotopic (exact) mass is 271 g/mol. The Balaban J connectivity index is 1.49. The second kappa shape index (κ2) is 4.37. The van der Waals surface area contributed by atoms with Gasteiger partial charge in [0, 0.05) is 12.7 Å². The lowest BCUT2D eigenvalue weighted by atomic mass is 9.49. The van der Waals surface area contributed by atoms with Crippen LogP contribution in [0.3, 0.4) is 0 Å². The van der Waals surface area contributed by atoms with Crippen LogP contribution in [0, 0.1) is 30.1 Å². The van der Waals surface area contributed by atoms with Gasteiger partial charge in [0.25, 0.3) is 0 Å². The standard InChI is InChI=1S/C17H25N3/c1-11-2-15(18)16(19-9-11)20-10-17-6-12-3-13(7-17)5-14(4-12)8-17/h2,9,12-14H,3-8,10,18H2,1H3,(H,19,20). The van der Waals surface area contributed by atoms with Gasteiger partial charge in [-0.15, -0.1) is 0 Å². The van der Waals surface area contributed by atoms with E-state index < -0.39 is 0 Å². The molecule has 4 aliphatic rings. The van der Waals surface area contributed by atoms with Crippen molar-refractivity contribution in [3.05, 3.63) is 17.8 Å². The third-order valence-corrected chi connectivity index (χ3v) is 5.85. The molecule has 1 heterocycles. The van der Waals surface area contributed by atoms with Crippen molar-refractivity contribution in [1.82, 2.24) is 4.98 Å². The number of anilines is 2. The van der Waals surface area contributed by atoms with Crippen LogP contribution in [0.25, 0.3) is 0 Å². The number of nitrogens with zero attached hydrogens (tertiary/aromatic N) is 1. The SMILES string of the molecule is Cc1cnc(NCC23CC4CC(CC(C4)C2)C3)c(N)c1. The van der Waals surface area contributed by atoms with Gasteiger partial charge in [0.1, 0.15) is 5.82 Å². The van der Waals surface area contributed by atoms with Gasteiger partial charge in [-0.3, -0.25) is 0 Å². The molecule has 0 atom stereocenters.